The van der Waals surface area contributed by atoms with Crippen LogP contribution in [0.1, 0.15) is 13.3 Å². The number of nitriles is 1. The second-order valence-corrected chi connectivity index (χ2v) is 7.74. The zero-order chi connectivity index (χ0) is 8.20. The van der Waals surface area contributed by atoms with Crippen LogP contribution in [0, 0.1) is 11.3 Å². The zero-order valence-electron chi connectivity index (χ0n) is 6.50. The Morgan fingerprint density at radius 1 is 1.70 bits per heavy atom. The zero-order valence-corrected chi connectivity index (χ0v) is 8.21. The summed E-state index contributed by atoms with van der Waals surface area (Å²) in [7, 11) is 0. The highest BCUT2D eigenvalue weighted by Crippen LogP contribution is 2.39. The summed E-state index contributed by atoms with van der Waals surface area (Å²) >= 11 is 5.03. The largest absolute Gasteiger partial charge is 0.333 e. The molecule has 0 heterocycles. The fourth-order valence-electron chi connectivity index (χ4n) is 0.496. The van der Waals surface area contributed by atoms with E-state index in [1.165, 1.54) is 0 Å². The van der Waals surface area contributed by atoms with E-state index in [1.807, 2.05) is 26.3 Å². The summed E-state index contributed by atoms with van der Waals surface area (Å²) < 4.78 is 5.30. The Labute approximate surface area is 67.3 Å². The summed E-state index contributed by atoms with van der Waals surface area (Å²) in [5.41, 5.74) is 0. The van der Waals surface area contributed by atoms with Crippen molar-refractivity contribution in [1.82, 2.24) is 0 Å². The number of rotatable bonds is 3. The van der Waals surface area contributed by atoms with Crippen LogP contribution in [0.2, 0.25) is 0 Å². The number of hydrogen-bond donors (Lipinski definition) is 0. The topological polar surface area (TPSA) is 33.0 Å². The minimum absolute atomic E-state index is 0.305. The van der Waals surface area contributed by atoms with Gasteiger partial charge in [-0.05, 0) is 19.8 Å². The van der Waals surface area contributed by atoms with Crippen molar-refractivity contribution in [2.75, 3.05) is 13.3 Å². The molecule has 0 radical (unpaired) electrons. The van der Waals surface area contributed by atoms with Gasteiger partial charge in [-0.3, -0.25) is 0 Å². The maximum atomic E-state index is 8.49. The summed E-state index contributed by atoms with van der Waals surface area (Å²) in [6.45, 7) is 5.67. The fraction of sp³-hybridized carbons (Fsp3) is 0.833. The molecule has 0 bridgehead atoms. The standard InChI is InChI=1S/C6H12NOPS/c1-4-6(5-7)8-9(2,3)10/h6H,4H2,1-3H3. The van der Waals surface area contributed by atoms with Crippen molar-refractivity contribution in [3.63, 3.8) is 0 Å². The first-order valence-corrected chi connectivity index (χ1v) is 6.74. The van der Waals surface area contributed by atoms with Gasteiger partial charge in [-0.25, -0.2) is 0 Å². The van der Waals surface area contributed by atoms with Gasteiger partial charge >= 0.3 is 0 Å². The molecule has 0 rings (SSSR count). The molecule has 0 amide bonds. The molecule has 0 saturated carbocycles. The second kappa shape index (κ2) is 4.08. The Kier molecular flexibility index (Phi) is 4.12. The molecule has 10 heavy (non-hydrogen) atoms. The minimum Gasteiger partial charge on any atom is -0.333 e. The molecule has 0 aromatic heterocycles. The van der Waals surface area contributed by atoms with Crippen LogP contribution in [0.15, 0.2) is 0 Å². The molecule has 0 spiro atoms. The van der Waals surface area contributed by atoms with Gasteiger partial charge in [0.05, 0.1) is 12.3 Å². The molecule has 1 atom stereocenters. The maximum absolute atomic E-state index is 8.49. The van der Waals surface area contributed by atoms with Crippen molar-refractivity contribution in [3.05, 3.63) is 0 Å². The Hall–Kier alpha value is 0.1000. The molecule has 1 unspecified atom stereocenters. The average Bonchev–Trinajstić information content (AvgIpc) is 1.81. The van der Waals surface area contributed by atoms with Gasteiger partial charge in [-0.1, -0.05) is 18.7 Å². The Balaban J connectivity index is 3.91. The summed E-state index contributed by atoms with van der Waals surface area (Å²) in [6.07, 6.45) is -1.23. The van der Waals surface area contributed by atoms with E-state index in [0.29, 0.717) is 0 Å². The SMILES string of the molecule is CCC(C#N)OP(C)(C)=S. The summed E-state index contributed by atoms with van der Waals surface area (Å²) in [5, 5.41) is 8.49. The van der Waals surface area contributed by atoms with Gasteiger partial charge in [0.2, 0.25) is 0 Å². The molecule has 0 N–H and O–H groups in total. The van der Waals surface area contributed by atoms with Crippen LogP contribution in [0.3, 0.4) is 0 Å². The predicted octanol–water partition coefficient (Wildman–Crippen LogP) is 1.96. The quantitative estimate of drug-likeness (QED) is 0.618. The van der Waals surface area contributed by atoms with E-state index < -0.39 is 6.26 Å². The third-order valence-electron chi connectivity index (χ3n) is 0.896. The molecular weight excluding hydrogens is 165 g/mol. The molecule has 58 valence electrons. The first-order chi connectivity index (χ1) is 4.49. The lowest BCUT2D eigenvalue weighted by molar-refractivity contribution is 0.283. The normalized spacial score (nSPS) is 14.2. The lowest BCUT2D eigenvalue weighted by Gasteiger charge is -2.14. The third-order valence-corrected chi connectivity index (χ3v) is 1.92. The van der Waals surface area contributed by atoms with Crippen LogP contribution in [0.5, 0.6) is 0 Å². The highest BCUT2D eigenvalue weighted by atomic mass is 32.4. The molecule has 2 nitrogen and oxygen atoms in total. The molecule has 0 aliphatic heterocycles. The van der Waals surface area contributed by atoms with Crippen LogP contribution >= 0.6 is 6.26 Å². The van der Waals surface area contributed by atoms with Crippen LogP contribution < -0.4 is 0 Å². The number of nitrogens with zero attached hydrogens (tertiary/aromatic N) is 1. The summed E-state index contributed by atoms with van der Waals surface area (Å²) in [6, 6.07) is 2.05. The monoisotopic (exact) mass is 177 g/mol. The van der Waals surface area contributed by atoms with E-state index in [2.05, 4.69) is 0 Å². The van der Waals surface area contributed by atoms with E-state index in [4.69, 9.17) is 21.6 Å². The lowest BCUT2D eigenvalue weighted by atomic mass is 10.3. The van der Waals surface area contributed by atoms with Crippen LogP contribution in [0.4, 0.5) is 0 Å². The van der Waals surface area contributed by atoms with E-state index >= 15 is 0 Å². The Bertz CT molecular complexity index is 181. The second-order valence-electron chi connectivity index (χ2n) is 2.38. The highest BCUT2D eigenvalue weighted by molar-refractivity contribution is 8.11. The first kappa shape index (κ1) is 10.1. The van der Waals surface area contributed by atoms with Gasteiger partial charge < -0.3 is 4.52 Å². The Morgan fingerprint density at radius 3 is 2.30 bits per heavy atom. The lowest BCUT2D eigenvalue weighted by Crippen LogP contribution is -2.05. The molecule has 0 saturated heterocycles. The van der Waals surface area contributed by atoms with Crippen LogP contribution in [-0.2, 0) is 16.3 Å². The Morgan fingerprint density at radius 2 is 2.20 bits per heavy atom. The highest BCUT2D eigenvalue weighted by Gasteiger charge is 2.10. The van der Waals surface area contributed by atoms with Crippen molar-refractivity contribution < 1.29 is 4.52 Å². The van der Waals surface area contributed by atoms with Gasteiger partial charge in [-0.2, -0.15) is 5.26 Å². The molecule has 0 aromatic carbocycles. The van der Waals surface area contributed by atoms with E-state index in [1.54, 1.807) is 0 Å². The molecule has 0 aliphatic carbocycles. The van der Waals surface area contributed by atoms with Crippen molar-refractivity contribution in [1.29, 1.82) is 5.26 Å². The smallest absolute Gasteiger partial charge is 0.148 e. The van der Waals surface area contributed by atoms with Crippen LogP contribution in [-0.4, -0.2) is 19.4 Å². The molecule has 0 aromatic rings. The van der Waals surface area contributed by atoms with Gasteiger partial charge in [0.15, 0.2) is 0 Å². The van der Waals surface area contributed by atoms with Crippen LogP contribution in [0.25, 0.3) is 0 Å². The van der Waals surface area contributed by atoms with Crippen molar-refractivity contribution in [2.45, 2.75) is 19.4 Å². The molecule has 4 heteroatoms. The molecular formula is C6H12NOPS. The number of hydrogen-bond acceptors (Lipinski definition) is 3. The average molecular weight is 177 g/mol. The van der Waals surface area contributed by atoms with Gasteiger partial charge in [0.25, 0.3) is 0 Å². The summed E-state index contributed by atoms with van der Waals surface area (Å²) in [5.74, 6) is 0. The van der Waals surface area contributed by atoms with E-state index in [9.17, 15) is 0 Å². The van der Waals surface area contributed by atoms with Crippen molar-refractivity contribution >= 4 is 18.1 Å². The first-order valence-electron chi connectivity index (χ1n) is 3.12. The van der Waals surface area contributed by atoms with E-state index in [0.717, 1.165) is 6.42 Å². The molecule has 0 aliphatic rings. The van der Waals surface area contributed by atoms with Gasteiger partial charge in [0.1, 0.15) is 6.10 Å². The van der Waals surface area contributed by atoms with Gasteiger partial charge in [0, 0.05) is 0 Å². The fourth-order valence-corrected chi connectivity index (χ4v) is 1.62. The van der Waals surface area contributed by atoms with Gasteiger partial charge in [-0.15, -0.1) is 0 Å². The van der Waals surface area contributed by atoms with Crippen molar-refractivity contribution in [2.24, 2.45) is 0 Å². The van der Waals surface area contributed by atoms with Crippen molar-refractivity contribution in [3.8, 4) is 6.07 Å². The minimum atomic E-state index is -1.64. The maximum Gasteiger partial charge on any atom is 0.148 e. The predicted molar refractivity (Wildman–Crippen MR) is 46.9 cm³/mol. The third kappa shape index (κ3) is 4.93. The van der Waals surface area contributed by atoms with E-state index in [-0.39, 0.29) is 6.10 Å². The summed E-state index contributed by atoms with van der Waals surface area (Å²) in [4.78, 5) is 0. The molecule has 0 fully saturated rings.